The summed E-state index contributed by atoms with van der Waals surface area (Å²) in [4.78, 5) is 25.0. The predicted octanol–water partition coefficient (Wildman–Crippen LogP) is -0.0981. The first kappa shape index (κ1) is 14.5. The zero-order chi connectivity index (χ0) is 14.7. The number of nitrogens with two attached hydrogens (primary N) is 1. The lowest BCUT2D eigenvalue weighted by Crippen LogP contribution is -2.35. The number of hydrazine groups is 1. The number of rotatable bonds is 6. The maximum Gasteiger partial charge on any atom is 0.268 e. The van der Waals surface area contributed by atoms with Gasteiger partial charge in [-0.1, -0.05) is 0 Å². The van der Waals surface area contributed by atoms with Crippen molar-refractivity contribution in [3.05, 3.63) is 23.2 Å². The summed E-state index contributed by atoms with van der Waals surface area (Å²) in [5.41, 5.74) is 2.49. The largest absolute Gasteiger partial charge is 0.464 e. The summed E-state index contributed by atoms with van der Waals surface area (Å²) >= 11 is 0. The molecule has 0 radical (unpaired) electrons. The van der Waals surface area contributed by atoms with Crippen LogP contribution in [0.4, 0.5) is 0 Å². The highest BCUT2D eigenvalue weighted by atomic mass is 16.3. The molecule has 1 aliphatic rings. The lowest BCUT2D eigenvalue weighted by Gasteiger charge is -2.14. The van der Waals surface area contributed by atoms with Crippen LogP contribution in [0.2, 0.25) is 0 Å². The van der Waals surface area contributed by atoms with E-state index in [0.29, 0.717) is 36.2 Å². The molecular formula is C13H20N4O3. The summed E-state index contributed by atoms with van der Waals surface area (Å²) in [6.07, 6.45) is 2.15. The van der Waals surface area contributed by atoms with Gasteiger partial charge < -0.3 is 9.73 Å². The number of carbonyl (C=O) groups excluding carboxylic acids is 2. The average molecular weight is 280 g/mol. The van der Waals surface area contributed by atoms with E-state index in [9.17, 15) is 9.59 Å². The highest BCUT2D eigenvalue weighted by molar-refractivity contribution is 5.94. The molecule has 1 aromatic heterocycles. The fraction of sp³-hybridized carbons (Fsp3) is 0.538. The molecule has 1 heterocycles. The Morgan fingerprint density at radius 1 is 1.50 bits per heavy atom. The number of furan rings is 1. The van der Waals surface area contributed by atoms with Gasteiger partial charge in [-0.25, -0.2) is 5.84 Å². The molecule has 4 N–H and O–H groups in total. The van der Waals surface area contributed by atoms with Gasteiger partial charge >= 0.3 is 0 Å². The maximum atomic E-state index is 11.7. The van der Waals surface area contributed by atoms with E-state index in [1.54, 1.807) is 13.0 Å². The SMILES string of the molecule is Cc1oc(CN(C)CC(=O)NC2CC2)cc1C(=O)NN. The molecule has 7 heteroatoms. The Labute approximate surface area is 117 Å². The van der Waals surface area contributed by atoms with Crippen LogP contribution in [0, 0.1) is 6.92 Å². The minimum atomic E-state index is -0.383. The summed E-state index contributed by atoms with van der Waals surface area (Å²) in [6.45, 7) is 2.46. The van der Waals surface area contributed by atoms with E-state index in [1.807, 2.05) is 11.9 Å². The van der Waals surface area contributed by atoms with Gasteiger partial charge in [-0.3, -0.25) is 19.9 Å². The third-order valence-electron chi connectivity index (χ3n) is 3.13. The van der Waals surface area contributed by atoms with Crippen molar-refractivity contribution in [3.8, 4) is 0 Å². The molecule has 1 aromatic rings. The Morgan fingerprint density at radius 2 is 2.20 bits per heavy atom. The molecule has 20 heavy (non-hydrogen) atoms. The molecule has 0 aromatic carbocycles. The quantitative estimate of drug-likeness (QED) is 0.384. The van der Waals surface area contributed by atoms with Crippen LogP contribution in [0.5, 0.6) is 0 Å². The van der Waals surface area contributed by atoms with Crippen molar-refractivity contribution in [1.29, 1.82) is 0 Å². The summed E-state index contributed by atoms with van der Waals surface area (Å²) < 4.78 is 5.49. The number of nitrogen functional groups attached to an aromatic ring is 1. The molecule has 1 fully saturated rings. The summed E-state index contributed by atoms with van der Waals surface area (Å²) in [6, 6.07) is 2.01. The van der Waals surface area contributed by atoms with Gasteiger partial charge in [0.1, 0.15) is 11.5 Å². The van der Waals surface area contributed by atoms with Gasteiger partial charge in [-0.15, -0.1) is 0 Å². The first-order chi connectivity index (χ1) is 9.49. The molecule has 0 bridgehead atoms. The van der Waals surface area contributed by atoms with Crippen LogP contribution in [0.3, 0.4) is 0 Å². The van der Waals surface area contributed by atoms with Crippen LogP contribution in [0.1, 0.15) is 34.7 Å². The van der Waals surface area contributed by atoms with Crippen molar-refractivity contribution in [1.82, 2.24) is 15.6 Å². The van der Waals surface area contributed by atoms with Crippen LogP contribution in [-0.2, 0) is 11.3 Å². The van der Waals surface area contributed by atoms with E-state index in [4.69, 9.17) is 10.3 Å². The van der Waals surface area contributed by atoms with E-state index in [-0.39, 0.29) is 11.8 Å². The molecule has 1 saturated carbocycles. The molecule has 0 aliphatic heterocycles. The number of likely N-dealkylation sites (N-methyl/N-ethyl adjacent to an activating group) is 1. The highest BCUT2D eigenvalue weighted by Gasteiger charge is 2.23. The second kappa shape index (κ2) is 6.06. The topological polar surface area (TPSA) is 101 Å². The van der Waals surface area contributed by atoms with Crippen LogP contribution >= 0.6 is 0 Å². The zero-order valence-corrected chi connectivity index (χ0v) is 11.7. The fourth-order valence-electron chi connectivity index (χ4n) is 1.99. The minimum Gasteiger partial charge on any atom is -0.464 e. The van der Waals surface area contributed by atoms with Gasteiger partial charge in [0.2, 0.25) is 5.91 Å². The number of hydrogen-bond donors (Lipinski definition) is 3. The first-order valence-corrected chi connectivity index (χ1v) is 6.57. The predicted molar refractivity (Wildman–Crippen MR) is 72.6 cm³/mol. The monoisotopic (exact) mass is 280 g/mol. The second-order valence-corrected chi connectivity index (χ2v) is 5.17. The van der Waals surface area contributed by atoms with E-state index >= 15 is 0 Å². The number of amides is 2. The Kier molecular flexibility index (Phi) is 4.41. The molecule has 1 aliphatic carbocycles. The second-order valence-electron chi connectivity index (χ2n) is 5.17. The van der Waals surface area contributed by atoms with Gasteiger partial charge in [0.25, 0.3) is 5.91 Å². The van der Waals surface area contributed by atoms with E-state index in [2.05, 4.69) is 10.7 Å². The van der Waals surface area contributed by atoms with Gasteiger partial charge in [0, 0.05) is 6.04 Å². The third kappa shape index (κ3) is 3.82. The van der Waals surface area contributed by atoms with E-state index < -0.39 is 0 Å². The Balaban J connectivity index is 1.88. The smallest absolute Gasteiger partial charge is 0.268 e. The molecule has 2 rings (SSSR count). The Hall–Kier alpha value is -1.86. The Bertz CT molecular complexity index is 508. The summed E-state index contributed by atoms with van der Waals surface area (Å²) in [5.74, 6) is 5.87. The number of aryl methyl sites for hydroxylation is 1. The van der Waals surface area contributed by atoms with Crippen molar-refractivity contribution in [2.24, 2.45) is 5.84 Å². The van der Waals surface area contributed by atoms with Gasteiger partial charge in [-0.05, 0) is 32.9 Å². The zero-order valence-electron chi connectivity index (χ0n) is 11.7. The molecule has 0 unspecified atom stereocenters. The first-order valence-electron chi connectivity index (χ1n) is 6.57. The van der Waals surface area contributed by atoms with E-state index in [0.717, 1.165) is 12.8 Å². The minimum absolute atomic E-state index is 0.0122. The van der Waals surface area contributed by atoms with Crippen LogP contribution < -0.4 is 16.6 Å². The van der Waals surface area contributed by atoms with E-state index in [1.165, 1.54) is 0 Å². The third-order valence-corrected chi connectivity index (χ3v) is 3.13. The fourth-order valence-corrected chi connectivity index (χ4v) is 1.99. The Morgan fingerprint density at radius 3 is 2.80 bits per heavy atom. The van der Waals surface area contributed by atoms with Gasteiger partial charge in [0.05, 0.1) is 18.7 Å². The molecule has 110 valence electrons. The lowest BCUT2D eigenvalue weighted by atomic mass is 10.2. The van der Waals surface area contributed by atoms with Gasteiger partial charge in [-0.2, -0.15) is 0 Å². The van der Waals surface area contributed by atoms with Gasteiger partial charge in [0.15, 0.2) is 0 Å². The molecule has 0 saturated heterocycles. The van der Waals surface area contributed by atoms with Crippen LogP contribution in [0.25, 0.3) is 0 Å². The number of nitrogens with one attached hydrogen (secondary N) is 2. The number of hydrogen-bond acceptors (Lipinski definition) is 5. The standard InChI is InChI=1S/C13H20N4O3/c1-8-11(13(19)16-14)5-10(20-8)6-17(2)7-12(18)15-9-3-4-9/h5,9H,3-4,6-7,14H2,1-2H3,(H,15,18)(H,16,19). The van der Waals surface area contributed by atoms with Crippen LogP contribution in [0.15, 0.2) is 10.5 Å². The average Bonchev–Trinajstić information content (AvgIpc) is 3.10. The summed E-state index contributed by atoms with van der Waals surface area (Å²) in [7, 11) is 1.83. The normalized spacial score (nSPS) is 14.4. The number of nitrogens with zero attached hydrogens (tertiary/aromatic N) is 1. The van der Waals surface area contributed by atoms with Crippen molar-refractivity contribution >= 4 is 11.8 Å². The summed E-state index contributed by atoms with van der Waals surface area (Å²) in [5, 5.41) is 2.92. The number of carbonyl (C=O) groups is 2. The maximum absolute atomic E-state index is 11.7. The van der Waals surface area contributed by atoms with Crippen molar-refractivity contribution in [3.63, 3.8) is 0 Å². The van der Waals surface area contributed by atoms with Crippen molar-refractivity contribution in [2.75, 3.05) is 13.6 Å². The van der Waals surface area contributed by atoms with Crippen LogP contribution in [-0.4, -0.2) is 36.3 Å². The molecule has 0 spiro atoms. The lowest BCUT2D eigenvalue weighted by molar-refractivity contribution is -0.122. The molecule has 7 nitrogen and oxygen atoms in total. The molecular weight excluding hydrogens is 260 g/mol. The molecule has 0 atom stereocenters. The molecule has 2 amide bonds. The van der Waals surface area contributed by atoms with Crippen molar-refractivity contribution in [2.45, 2.75) is 32.4 Å². The van der Waals surface area contributed by atoms with Crippen molar-refractivity contribution < 1.29 is 14.0 Å². The highest BCUT2D eigenvalue weighted by Crippen LogP contribution is 2.18.